The second-order valence-electron chi connectivity index (χ2n) is 5.98. The average Bonchev–Trinajstić information content (AvgIpc) is 2.45. The fourth-order valence-electron chi connectivity index (χ4n) is 2.28. The minimum absolute atomic E-state index is 0.0137. The molecule has 4 nitrogen and oxygen atoms in total. The van der Waals surface area contributed by atoms with Gasteiger partial charge in [-0.1, -0.05) is 39.4 Å². The van der Waals surface area contributed by atoms with Crippen molar-refractivity contribution in [1.29, 1.82) is 0 Å². The molecule has 0 saturated heterocycles. The van der Waals surface area contributed by atoms with Gasteiger partial charge in [-0.2, -0.15) is 0 Å². The molecule has 1 saturated carbocycles. The Balaban J connectivity index is 2.68. The lowest BCUT2D eigenvalue weighted by Crippen LogP contribution is -2.44. The maximum Gasteiger partial charge on any atom is 0.212 e. The zero-order chi connectivity index (χ0) is 13.3. The molecule has 2 atom stereocenters. The Hall–Kier alpha value is -0.200. The molecule has 0 aliphatic heterocycles. The fourth-order valence-corrected chi connectivity index (χ4v) is 4.53. The van der Waals surface area contributed by atoms with Crippen LogP contribution in [0.4, 0.5) is 0 Å². The third-order valence-corrected chi connectivity index (χ3v) is 5.05. The van der Waals surface area contributed by atoms with E-state index in [1.165, 1.54) is 0 Å². The molecule has 17 heavy (non-hydrogen) atoms. The highest BCUT2D eigenvalue weighted by Gasteiger charge is 2.33. The molecule has 100 valence electrons. The third kappa shape index (κ3) is 4.89. The normalized spacial score (nSPS) is 26.1. The zero-order valence-electron chi connectivity index (χ0n) is 10.7. The first kappa shape index (κ1) is 14.9. The molecule has 0 bridgehead atoms. The third-order valence-electron chi connectivity index (χ3n) is 2.84. The number of thiocarbonyl (C=S) groups is 1. The van der Waals surface area contributed by atoms with Crippen LogP contribution in [-0.4, -0.2) is 25.2 Å². The molecule has 0 heterocycles. The van der Waals surface area contributed by atoms with Crippen LogP contribution in [-0.2, 0) is 10.0 Å². The molecular weight excluding hydrogens is 256 g/mol. The Labute approximate surface area is 109 Å². The van der Waals surface area contributed by atoms with Crippen LogP contribution in [0.5, 0.6) is 0 Å². The number of rotatable bonds is 4. The minimum Gasteiger partial charge on any atom is -0.393 e. The SMILES string of the molecule is CC(C)(C)CS(=O)(=O)NC1CCCC1C(N)=S. The average molecular weight is 278 g/mol. The molecule has 3 N–H and O–H groups in total. The van der Waals surface area contributed by atoms with Gasteiger partial charge >= 0.3 is 0 Å². The highest BCUT2D eigenvalue weighted by atomic mass is 32.2. The van der Waals surface area contributed by atoms with E-state index in [0.717, 1.165) is 19.3 Å². The largest absolute Gasteiger partial charge is 0.393 e. The summed E-state index contributed by atoms with van der Waals surface area (Å²) < 4.78 is 26.7. The summed E-state index contributed by atoms with van der Waals surface area (Å²) in [5.74, 6) is 0.139. The Kier molecular flexibility index (Phi) is 4.54. The van der Waals surface area contributed by atoms with Gasteiger partial charge in [0.1, 0.15) is 0 Å². The van der Waals surface area contributed by atoms with Gasteiger partial charge in [0.05, 0.1) is 10.7 Å². The summed E-state index contributed by atoms with van der Waals surface area (Å²) in [5.41, 5.74) is 5.38. The van der Waals surface area contributed by atoms with Gasteiger partial charge in [0.2, 0.25) is 10.0 Å². The van der Waals surface area contributed by atoms with Crippen molar-refractivity contribution in [2.24, 2.45) is 17.1 Å². The van der Waals surface area contributed by atoms with Crippen LogP contribution in [0.2, 0.25) is 0 Å². The lowest BCUT2D eigenvalue weighted by atomic mass is 10.0. The zero-order valence-corrected chi connectivity index (χ0v) is 12.3. The van der Waals surface area contributed by atoms with E-state index in [2.05, 4.69) is 4.72 Å². The predicted molar refractivity (Wildman–Crippen MR) is 74.3 cm³/mol. The van der Waals surface area contributed by atoms with Crippen molar-refractivity contribution in [3.05, 3.63) is 0 Å². The van der Waals surface area contributed by atoms with Crippen molar-refractivity contribution in [1.82, 2.24) is 4.72 Å². The second kappa shape index (κ2) is 5.20. The van der Waals surface area contributed by atoms with Crippen molar-refractivity contribution in [3.63, 3.8) is 0 Å². The van der Waals surface area contributed by atoms with Crippen LogP contribution in [0, 0.1) is 11.3 Å². The number of nitrogens with one attached hydrogen (secondary N) is 1. The summed E-state index contributed by atoms with van der Waals surface area (Å²) in [4.78, 5) is 0.422. The maximum atomic E-state index is 12.0. The quantitative estimate of drug-likeness (QED) is 0.763. The van der Waals surface area contributed by atoms with Crippen molar-refractivity contribution in [2.75, 3.05) is 5.75 Å². The Morgan fingerprint density at radius 3 is 2.47 bits per heavy atom. The summed E-state index contributed by atoms with van der Waals surface area (Å²) in [6.07, 6.45) is 2.69. The van der Waals surface area contributed by atoms with E-state index in [0.29, 0.717) is 4.99 Å². The molecule has 0 aromatic rings. The van der Waals surface area contributed by atoms with Gasteiger partial charge < -0.3 is 5.73 Å². The number of hydrogen-bond acceptors (Lipinski definition) is 3. The van der Waals surface area contributed by atoms with Crippen molar-refractivity contribution < 1.29 is 8.42 Å². The first-order valence-corrected chi connectivity index (χ1v) is 7.96. The summed E-state index contributed by atoms with van der Waals surface area (Å²) >= 11 is 4.97. The van der Waals surface area contributed by atoms with Crippen molar-refractivity contribution in [3.8, 4) is 0 Å². The van der Waals surface area contributed by atoms with Crippen LogP contribution in [0.15, 0.2) is 0 Å². The first-order chi connectivity index (χ1) is 7.61. The molecule has 1 aliphatic rings. The van der Waals surface area contributed by atoms with E-state index < -0.39 is 10.0 Å². The van der Waals surface area contributed by atoms with E-state index in [9.17, 15) is 8.42 Å². The summed E-state index contributed by atoms with van der Waals surface area (Å²) in [5, 5.41) is 0. The van der Waals surface area contributed by atoms with E-state index in [1.807, 2.05) is 20.8 Å². The van der Waals surface area contributed by atoms with Gasteiger partial charge in [-0.25, -0.2) is 13.1 Å². The van der Waals surface area contributed by atoms with E-state index in [1.54, 1.807) is 0 Å². The fraction of sp³-hybridized carbons (Fsp3) is 0.909. The Morgan fingerprint density at radius 1 is 1.41 bits per heavy atom. The smallest absolute Gasteiger partial charge is 0.212 e. The van der Waals surface area contributed by atoms with E-state index in [4.69, 9.17) is 18.0 Å². The van der Waals surface area contributed by atoms with Gasteiger partial charge in [0.15, 0.2) is 0 Å². The molecular formula is C11H22N2O2S2. The molecule has 1 aliphatic carbocycles. The Morgan fingerprint density at radius 2 is 2.00 bits per heavy atom. The molecule has 1 fully saturated rings. The molecule has 0 amide bonds. The summed E-state index contributed by atoms with van der Waals surface area (Å²) in [6, 6.07) is -0.111. The number of hydrogen-bond donors (Lipinski definition) is 2. The van der Waals surface area contributed by atoms with Crippen molar-refractivity contribution in [2.45, 2.75) is 46.1 Å². The van der Waals surface area contributed by atoms with Crippen LogP contribution >= 0.6 is 12.2 Å². The van der Waals surface area contributed by atoms with E-state index in [-0.39, 0.29) is 23.1 Å². The van der Waals surface area contributed by atoms with Crippen LogP contribution in [0.1, 0.15) is 40.0 Å². The lowest BCUT2D eigenvalue weighted by Gasteiger charge is -2.23. The maximum absolute atomic E-state index is 12.0. The molecule has 6 heteroatoms. The van der Waals surface area contributed by atoms with E-state index >= 15 is 0 Å². The molecule has 0 aromatic heterocycles. The van der Waals surface area contributed by atoms with Gasteiger partial charge in [-0.3, -0.25) is 0 Å². The van der Waals surface area contributed by atoms with Gasteiger partial charge in [-0.05, 0) is 18.3 Å². The molecule has 0 aromatic carbocycles. The lowest BCUT2D eigenvalue weighted by molar-refractivity contribution is 0.450. The van der Waals surface area contributed by atoms with Crippen LogP contribution in [0.3, 0.4) is 0 Å². The van der Waals surface area contributed by atoms with Crippen molar-refractivity contribution >= 4 is 27.2 Å². The topological polar surface area (TPSA) is 72.2 Å². The highest BCUT2D eigenvalue weighted by Crippen LogP contribution is 2.27. The minimum atomic E-state index is -3.25. The van der Waals surface area contributed by atoms with Gasteiger partial charge in [0, 0.05) is 12.0 Å². The number of nitrogens with two attached hydrogens (primary N) is 1. The van der Waals surface area contributed by atoms with Gasteiger partial charge in [-0.15, -0.1) is 0 Å². The van der Waals surface area contributed by atoms with Crippen LogP contribution in [0.25, 0.3) is 0 Å². The molecule has 1 rings (SSSR count). The second-order valence-corrected chi connectivity index (χ2v) is 8.21. The molecule has 2 unspecified atom stereocenters. The first-order valence-electron chi connectivity index (χ1n) is 5.90. The summed E-state index contributed by atoms with van der Waals surface area (Å²) in [7, 11) is -3.25. The van der Waals surface area contributed by atoms with Gasteiger partial charge in [0.25, 0.3) is 0 Å². The monoisotopic (exact) mass is 278 g/mol. The Bertz CT molecular complexity index is 385. The van der Waals surface area contributed by atoms with Crippen LogP contribution < -0.4 is 10.5 Å². The standard InChI is InChI=1S/C11H22N2O2S2/c1-11(2,3)7-17(14,15)13-9-6-4-5-8(9)10(12)16/h8-9,13H,4-7H2,1-3H3,(H2,12,16). The molecule has 0 spiro atoms. The molecule has 0 radical (unpaired) electrons. The predicted octanol–water partition coefficient (Wildman–Crippen LogP) is 1.41. The highest BCUT2D eigenvalue weighted by molar-refractivity contribution is 7.89. The summed E-state index contributed by atoms with van der Waals surface area (Å²) in [6.45, 7) is 5.73. The number of sulfonamides is 1.